The molecule has 10 heteroatoms. The van der Waals surface area contributed by atoms with Gasteiger partial charge in [0.1, 0.15) is 0 Å². The zero-order valence-electron chi connectivity index (χ0n) is 17.5. The maximum absolute atomic E-state index is 12.7. The Balaban J connectivity index is 1.67. The third kappa shape index (κ3) is 4.97. The molecule has 0 unspecified atom stereocenters. The van der Waals surface area contributed by atoms with Crippen molar-refractivity contribution in [2.45, 2.75) is 31.8 Å². The SMILES string of the molecule is CCN(CC)S(=O)(=O)c1cccc(C(=O)O[C@@H](C)C(=O)Nc2ccc3c(c2)OCO3)c1. The molecule has 0 bridgehead atoms. The second-order valence-corrected chi connectivity index (χ2v) is 8.66. The highest BCUT2D eigenvalue weighted by molar-refractivity contribution is 7.89. The molecular formula is C21H24N2O7S. The molecule has 1 N–H and O–H groups in total. The van der Waals surface area contributed by atoms with Crippen molar-refractivity contribution in [3.05, 3.63) is 48.0 Å². The first-order chi connectivity index (χ1) is 14.8. The summed E-state index contributed by atoms with van der Waals surface area (Å²) in [7, 11) is -3.72. The van der Waals surface area contributed by atoms with Crippen LogP contribution in [-0.2, 0) is 19.6 Å². The number of rotatable bonds is 8. The molecule has 31 heavy (non-hydrogen) atoms. The van der Waals surface area contributed by atoms with Gasteiger partial charge in [-0.2, -0.15) is 4.31 Å². The molecule has 0 aromatic heterocycles. The van der Waals surface area contributed by atoms with Crippen molar-refractivity contribution in [2.75, 3.05) is 25.2 Å². The molecule has 1 aliphatic rings. The van der Waals surface area contributed by atoms with Gasteiger partial charge >= 0.3 is 5.97 Å². The zero-order valence-corrected chi connectivity index (χ0v) is 18.3. The number of benzene rings is 2. The van der Waals surface area contributed by atoms with E-state index in [1.54, 1.807) is 32.0 Å². The lowest BCUT2D eigenvalue weighted by atomic mass is 10.2. The minimum Gasteiger partial charge on any atom is -0.454 e. The van der Waals surface area contributed by atoms with Crippen molar-refractivity contribution in [3.8, 4) is 11.5 Å². The summed E-state index contributed by atoms with van der Waals surface area (Å²) < 4.78 is 42.4. The molecule has 1 heterocycles. The normalized spacial score (nSPS) is 13.7. The predicted molar refractivity (Wildman–Crippen MR) is 113 cm³/mol. The molecule has 1 atom stereocenters. The smallest absolute Gasteiger partial charge is 0.338 e. The largest absolute Gasteiger partial charge is 0.454 e. The fraction of sp³-hybridized carbons (Fsp3) is 0.333. The van der Waals surface area contributed by atoms with E-state index in [0.717, 1.165) is 0 Å². The number of fused-ring (bicyclic) bond motifs is 1. The third-order valence-corrected chi connectivity index (χ3v) is 6.75. The molecule has 0 aliphatic carbocycles. The summed E-state index contributed by atoms with van der Waals surface area (Å²) in [6.07, 6.45) is -1.11. The van der Waals surface area contributed by atoms with Crippen LogP contribution < -0.4 is 14.8 Å². The van der Waals surface area contributed by atoms with Gasteiger partial charge < -0.3 is 19.5 Å². The summed E-state index contributed by atoms with van der Waals surface area (Å²) in [5, 5.41) is 2.64. The molecule has 3 rings (SSSR count). The van der Waals surface area contributed by atoms with E-state index < -0.39 is 28.0 Å². The molecule has 166 valence electrons. The Bertz CT molecular complexity index is 1080. The number of hydrogen-bond donors (Lipinski definition) is 1. The fourth-order valence-electron chi connectivity index (χ4n) is 3.00. The molecule has 0 fully saturated rings. The average molecular weight is 448 g/mol. The number of nitrogens with zero attached hydrogens (tertiary/aromatic N) is 1. The first-order valence-corrected chi connectivity index (χ1v) is 11.2. The highest BCUT2D eigenvalue weighted by Gasteiger charge is 2.24. The molecule has 9 nitrogen and oxygen atoms in total. The Kier molecular flexibility index (Phi) is 6.81. The van der Waals surface area contributed by atoms with Crippen molar-refractivity contribution in [1.29, 1.82) is 0 Å². The van der Waals surface area contributed by atoms with E-state index in [4.69, 9.17) is 14.2 Å². The second kappa shape index (κ2) is 9.36. The Morgan fingerprint density at radius 1 is 1.10 bits per heavy atom. The molecule has 1 aliphatic heterocycles. The zero-order chi connectivity index (χ0) is 22.6. The lowest BCUT2D eigenvalue weighted by molar-refractivity contribution is -0.123. The highest BCUT2D eigenvalue weighted by Crippen LogP contribution is 2.34. The third-order valence-electron chi connectivity index (χ3n) is 4.71. The van der Waals surface area contributed by atoms with Crippen LogP contribution in [0, 0.1) is 0 Å². The van der Waals surface area contributed by atoms with Crippen LogP contribution in [0.25, 0.3) is 0 Å². The van der Waals surface area contributed by atoms with Gasteiger partial charge in [0.15, 0.2) is 17.6 Å². The lowest BCUT2D eigenvalue weighted by Gasteiger charge is -2.19. The molecule has 0 radical (unpaired) electrons. The van der Waals surface area contributed by atoms with Crippen LogP contribution in [0.2, 0.25) is 0 Å². The molecular weight excluding hydrogens is 424 g/mol. The summed E-state index contributed by atoms with van der Waals surface area (Å²) in [5.74, 6) is -0.255. The number of carbonyl (C=O) groups excluding carboxylic acids is 2. The number of nitrogens with one attached hydrogen (secondary N) is 1. The number of esters is 1. The van der Waals surface area contributed by atoms with E-state index >= 15 is 0 Å². The van der Waals surface area contributed by atoms with Gasteiger partial charge in [0.25, 0.3) is 5.91 Å². The van der Waals surface area contributed by atoms with Crippen molar-refractivity contribution >= 4 is 27.6 Å². The van der Waals surface area contributed by atoms with E-state index in [9.17, 15) is 18.0 Å². The lowest BCUT2D eigenvalue weighted by Crippen LogP contribution is -2.31. The number of ether oxygens (including phenoxy) is 3. The predicted octanol–water partition coefficient (Wildman–Crippen LogP) is 2.63. The maximum atomic E-state index is 12.7. The number of hydrogen-bond acceptors (Lipinski definition) is 7. The Hall–Kier alpha value is -3.11. The molecule has 0 spiro atoms. The molecule has 0 saturated heterocycles. The van der Waals surface area contributed by atoms with Gasteiger partial charge in [0.2, 0.25) is 16.8 Å². The number of amides is 1. The van der Waals surface area contributed by atoms with Crippen molar-refractivity contribution in [3.63, 3.8) is 0 Å². The van der Waals surface area contributed by atoms with Gasteiger partial charge in [0, 0.05) is 24.8 Å². The first kappa shape index (κ1) is 22.6. The van der Waals surface area contributed by atoms with E-state index in [1.165, 1.54) is 35.5 Å². The van der Waals surface area contributed by atoms with Gasteiger partial charge in [-0.3, -0.25) is 4.79 Å². The average Bonchev–Trinajstić information content (AvgIpc) is 3.22. The quantitative estimate of drug-likeness (QED) is 0.618. The minimum absolute atomic E-state index is 0.0110. The molecule has 2 aromatic carbocycles. The molecule has 1 amide bonds. The highest BCUT2D eigenvalue weighted by atomic mass is 32.2. The number of anilines is 1. The number of sulfonamides is 1. The summed E-state index contributed by atoms with van der Waals surface area (Å²) >= 11 is 0. The van der Waals surface area contributed by atoms with Crippen LogP contribution in [0.1, 0.15) is 31.1 Å². The van der Waals surface area contributed by atoms with Gasteiger partial charge in [-0.1, -0.05) is 19.9 Å². The van der Waals surface area contributed by atoms with Gasteiger partial charge in [-0.25, -0.2) is 13.2 Å². The van der Waals surface area contributed by atoms with Gasteiger partial charge in [-0.05, 0) is 37.3 Å². The van der Waals surface area contributed by atoms with E-state index in [2.05, 4.69) is 5.32 Å². The summed E-state index contributed by atoms with van der Waals surface area (Å²) in [6, 6.07) is 10.5. The van der Waals surface area contributed by atoms with E-state index in [-0.39, 0.29) is 17.3 Å². The Labute approximate surface area is 181 Å². The van der Waals surface area contributed by atoms with Crippen molar-refractivity contribution in [2.24, 2.45) is 0 Å². The first-order valence-electron chi connectivity index (χ1n) is 9.78. The summed E-state index contributed by atoms with van der Waals surface area (Å²) in [6.45, 7) is 5.63. The van der Waals surface area contributed by atoms with Crippen molar-refractivity contribution < 1.29 is 32.2 Å². The van der Waals surface area contributed by atoms with E-state index in [1.807, 2.05) is 0 Å². The fourth-order valence-corrected chi connectivity index (χ4v) is 4.50. The maximum Gasteiger partial charge on any atom is 0.338 e. The van der Waals surface area contributed by atoms with Crippen LogP contribution in [0.15, 0.2) is 47.4 Å². The van der Waals surface area contributed by atoms with Crippen molar-refractivity contribution in [1.82, 2.24) is 4.31 Å². The van der Waals surface area contributed by atoms with Crippen LogP contribution in [0.4, 0.5) is 5.69 Å². The number of carbonyl (C=O) groups is 2. The molecule has 0 saturated carbocycles. The molecule has 2 aromatic rings. The van der Waals surface area contributed by atoms with Gasteiger partial charge in [-0.15, -0.1) is 0 Å². The second-order valence-electron chi connectivity index (χ2n) is 6.72. The van der Waals surface area contributed by atoms with Gasteiger partial charge in [0.05, 0.1) is 10.5 Å². The Morgan fingerprint density at radius 2 is 1.81 bits per heavy atom. The van der Waals surface area contributed by atoms with Crippen LogP contribution in [-0.4, -0.2) is 50.6 Å². The van der Waals surface area contributed by atoms with Crippen LogP contribution in [0.5, 0.6) is 11.5 Å². The van der Waals surface area contributed by atoms with Crippen LogP contribution >= 0.6 is 0 Å². The van der Waals surface area contributed by atoms with E-state index in [0.29, 0.717) is 30.3 Å². The standard InChI is InChI=1S/C21H24N2O7S/c1-4-23(5-2)31(26,27)17-8-6-7-15(11-17)21(25)30-14(3)20(24)22-16-9-10-18-19(12-16)29-13-28-18/h6-12,14H,4-5,13H2,1-3H3,(H,22,24)/t14-/m0/s1. The summed E-state index contributed by atoms with van der Waals surface area (Å²) in [4.78, 5) is 24.9. The Morgan fingerprint density at radius 3 is 2.52 bits per heavy atom. The topological polar surface area (TPSA) is 111 Å². The summed E-state index contributed by atoms with van der Waals surface area (Å²) in [5.41, 5.74) is 0.500. The minimum atomic E-state index is -3.72. The van der Waals surface area contributed by atoms with Crippen LogP contribution in [0.3, 0.4) is 0 Å². The monoisotopic (exact) mass is 448 g/mol.